The third kappa shape index (κ3) is 5.16. The third-order valence-electron chi connectivity index (χ3n) is 5.77. The first-order chi connectivity index (χ1) is 16.0. The second-order valence-electron chi connectivity index (χ2n) is 8.82. The van der Waals surface area contributed by atoms with Gasteiger partial charge in [-0.1, -0.05) is 47.5 Å². The molecule has 0 saturated carbocycles. The fourth-order valence-electron chi connectivity index (χ4n) is 4.11. The first-order valence-corrected chi connectivity index (χ1v) is 13.6. The number of aryl methyl sites for hydroxylation is 4. The first kappa shape index (κ1) is 24.0. The van der Waals surface area contributed by atoms with Crippen LogP contribution >= 0.6 is 11.3 Å². The van der Waals surface area contributed by atoms with Crippen LogP contribution in [-0.2, 0) is 16.6 Å². The maximum Gasteiger partial charge on any atom is 0.265 e. The average Bonchev–Trinajstić information content (AvgIpc) is 3.18. The molecule has 4 aromatic rings. The summed E-state index contributed by atoms with van der Waals surface area (Å²) >= 11 is 1.39. The minimum atomic E-state index is -3.50. The van der Waals surface area contributed by atoms with Crippen molar-refractivity contribution in [3.05, 3.63) is 93.4 Å². The molecule has 176 valence electrons. The summed E-state index contributed by atoms with van der Waals surface area (Å²) in [5.74, 6) is -0.169. The number of benzene rings is 3. The Morgan fingerprint density at radius 1 is 0.882 bits per heavy atom. The number of thiophene rings is 1. The number of anilines is 2. The van der Waals surface area contributed by atoms with Gasteiger partial charge in [-0.25, -0.2) is 8.42 Å². The lowest BCUT2D eigenvalue weighted by Gasteiger charge is -2.22. The Morgan fingerprint density at radius 3 is 2.15 bits per heavy atom. The number of nitrogens with zero attached hydrogens (tertiary/aromatic N) is 1. The van der Waals surface area contributed by atoms with Crippen molar-refractivity contribution in [1.29, 1.82) is 0 Å². The molecule has 0 radical (unpaired) electrons. The van der Waals surface area contributed by atoms with Crippen molar-refractivity contribution in [3.63, 3.8) is 0 Å². The van der Waals surface area contributed by atoms with Crippen LogP contribution in [0.3, 0.4) is 0 Å². The molecule has 7 heteroatoms. The molecule has 5 nitrogen and oxygen atoms in total. The quantitative estimate of drug-likeness (QED) is 0.341. The molecule has 0 aliphatic heterocycles. The molecule has 1 amide bonds. The van der Waals surface area contributed by atoms with Crippen LogP contribution in [0.5, 0.6) is 0 Å². The molecule has 3 aromatic carbocycles. The average molecular weight is 493 g/mol. The molecule has 1 N–H and O–H groups in total. The molecule has 0 aliphatic rings. The van der Waals surface area contributed by atoms with Crippen molar-refractivity contribution < 1.29 is 13.2 Å². The fraction of sp³-hybridized carbons (Fsp3) is 0.222. The number of hydrogen-bond donors (Lipinski definition) is 1. The van der Waals surface area contributed by atoms with E-state index in [0.717, 1.165) is 43.6 Å². The van der Waals surface area contributed by atoms with E-state index in [0.29, 0.717) is 10.6 Å². The Kier molecular flexibility index (Phi) is 6.51. The zero-order valence-corrected chi connectivity index (χ0v) is 21.6. The van der Waals surface area contributed by atoms with E-state index in [-0.39, 0.29) is 12.5 Å². The maximum atomic E-state index is 13.0. The summed E-state index contributed by atoms with van der Waals surface area (Å²) in [5.41, 5.74) is 6.63. The van der Waals surface area contributed by atoms with Gasteiger partial charge in [0.05, 0.1) is 23.4 Å². The molecule has 0 bridgehead atoms. The Bertz CT molecular complexity index is 1460. The summed E-state index contributed by atoms with van der Waals surface area (Å²) in [6.45, 7) is 8.25. The summed E-state index contributed by atoms with van der Waals surface area (Å²) in [5, 5.41) is 3.88. The number of hydrogen-bond acceptors (Lipinski definition) is 4. The lowest BCUT2D eigenvalue weighted by Crippen LogP contribution is -2.29. The molecule has 1 heterocycles. The predicted octanol–water partition coefficient (Wildman–Crippen LogP) is 6.35. The van der Waals surface area contributed by atoms with Crippen molar-refractivity contribution in [3.8, 4) is 0 Å². The van der Waals surface area contributed by atoms with Crippen LogP contribution in [0, 0.1) is 27.7 Å². The SMILES string of the molecule is Cc1ccc(CN(c2ccc3sc(C(=O)Nc4c(C)cc(C)cc4C)cc3c2)S(C)(=O)=O)cc1. The van der Waals surface area contributed by atoms with Gasteiger partial charge in [-0.3, -0.25) is 9.10 Å². The monoisotopic (exact) mass is 492 g/mol. The minimum Gasteiger partial charge on any atom is -0.321 e. The molecule has 0 spiro atoms. The summed E-state index contributed by atoms with van der Waals surface area (Å²) < 4.78 is 27.5. The predicted molar refractivity (Wildman–Crippen MR) is 143 cm³/mol. The molecule has 4 rings (SSSR count). The Hall–Kier alpha value is -3.16. The number of amides is 1. The van der Waals surface area contributed by atoms with Crippen LogP contribution in [0.1, 0.15) is 37.5 Å². The van der Waals surface area contributed by atoms with Crippen LogP contribution in [0.2, 0.25) is 0 Å². The van der Waals surface area contributed by atoms with Crippen molar-refractivity contribution in [2.45, 2.75) is 34.2 Å². The van der Waals surface area contributed by atoms with E-state index in [1.807, 2.05) is 82.3 Å². The molecular weight excluding hydrogens is 464 g/mol. The molecule has 0 unspecified atom stereocenters. The number of nitrogens with one attached hydrogen (secondary N) is 1. The van der Waals surface area contributed by atoms with Gasteiger partial charge in [0.25, 0.3) is 5.91 Å². The summed E-state index contributed by atoms with van der Waals surface area (Å²) in [7, 11) is -3.50. The zero-order chi connectivity index (χ0) is 24.6. The number of carbonyl (C=O) groups excluding carboxylic acids is 1. The number of carbonyl (C=O) groups is 1. The highest BCUT2D eigenvalue weighted by Gasteiger charge is 2.20. The molecule has 0 aliphatic carbocycles. The number of fused-ring (bicyclic) bond motifs is 1. The van der Waals surface area contributed by atoms with Crippen LogP contribution in [0.15, 0.2) is 60.7 Å². The van der Waals surface area contributed by atoms with E-state index in [4.69, 9.17) is 0 Å². The molecular formula is C27H28N2O3S2. The van der Waals surface area contributed by atoms with Gasteiger partial charge < -0.3 is 5.32 Å². The lowest BCUT2D eigenvalue weighted by atomic mass is 10.1. The van der Waals surface area contributed by atoms with Crippen LogP contribution in [0.4, 0.5) is 11.4 Å². The highest BCUT2D eigenvalue weighted by molar-refractivity contribution is 7.92. The Labute approximate surface area is 205 Å². The topological polar surface area (TPSA) is 66.5 Å². The van der Waals surface area contributed by atoms with E-state index in [2.05, 4.69) is 5.32 Å². The van der Waals surface area contributed by atoms with Gasteiger partial charge in [0, 0.05) is 10.4 Å². The van der Waals surface area contributed by atoms with Crippen molar-refractivity contribution >= 4 is 48.7 Å². The number of rotatable bonds is 6. The van der Waals surface area contributed by atoms with Crippen LogP contribution in [-0.4, -0.2) is 20.6 Å². The standard InChI is InChI=1S/C27H28N2O3S2/c1-17-6-8-21(9-7-17)16-29(34(5,31)32)23-10-11-24-22(14-23)15-25(33-24)27(30)28-26-19(3)12-18(2)13-20(26)4/h6-15H,16H2,1-5H3,(H,28,30). The van der Waals surface area contributed by atoms with Crippen molar-refractivity contribution in [2.75, 3.05) is 15.9 Å². The molecule has 0 fully saturated rings. The third-order valence-corrected chi connectivity index (χ3v) is 8.03. The Balaban J connectivity index is 1.64. The van der Waals surface area contributed by atoms with E-state index in [9.17, 15) is 13.2 Å². The summed E-state index contributed by atoms with van der Waals surface area (Å²) in [6.07, 6.45) is 1.21. The zero-order valence-electron chi connectivity index (χ0n) is 20.0. The minimum absolute atomic E-state index is 0.169. The normalized spacial score (nSPS) is 11.6. The molecule has 1 aromatic heterocycles. The van der Waals surface area contributed by atoms with Gasteiger partial charge in [0.1, 0.15) is 0 Å². The second kappa shape index (κ2) is 9.24. The van der Waals surface area contributed by atoms with Gasteiger partial charge in [-0.15, -0.1) is 11.3 Å². The van der Waals surface area contributed by atoms with E-state index < -0.39 is 10.0 Å². The fourth-order valence-corrected chi connectivity index (χ4v) is 5.93. The van der Waals surface area contributed by atoms with Gasteiger partial charge in [-0.2, -0.15) is 0 Å². The first-order valence-electron chi connectivity index (χ1n) is 11.0. The smallest absolute Gasteiger partial charge is 0.265 e. The largest absolute Gasteiger partial charge is 0.321 e. The molecule has 0 saturated heterocycles. The summed E-state index contributed by atoms with van der Waals surface area (Å²) in [4.78, 5) is 13.6. The molecule has 0 atom stereocenters. The van der Waals surface area contributed by atoms with Crippen molar-refractivity contribution in [1.82, 2.24) is 0 Å². The van der Waals surface area contributed by atoms with Gasteiger partial charge in [-0.05, 0) is 74.0 Å². The van der Waals surface area contributed by atoms with E-state index in [1.165, 1.54) is 21.9 Å². The lowest BCUT2D eigenvalue weighted by molar-refractivity contribution is 0.103. The second-order valence-corrected chi connectivity index (χ2v) is 11.8. The Morgan fingerprint density at radius 2 is 1.53 bits per heavy atom. The maximum absolute atomic E-state index is 13.0. The van der Waals surface area contributed by atoms with Crippen LogP contribution in [0.25, 0.3) is 10.1 Å². The van der Waals surface area contributed by atoms with E-state index in [1.54, 1.807) is 6.07 Å². The van der Waals surface area contributed by atoms with Gasteiger partial charge in [0.2, 0.25) is 10.0 Å². The summed E-state index contributed by atoms with van der Waals surface area (Å²) in [6, 6.07) is 19.3. The van der Waals surface area contributed by atoms with Gasteiger partial charge in [0.15, 0.2) is 0 Å². The van der Waals surface area contributed by atoms with Gasteiger partial charge >= 0.3 is 0 Å². The highest BCUT2D eigenvalue weighted by Crippen LogP contribution is 2.32. The number of sulfonamides is 1. The van der Waals surface area contributed by atoms with Crippen LogP contribution < -0.4 is 9.62 Å². The van der Waals surface area contributed by atoms with Crippen molar-refractivity contribution in [2.24, 2.45) is 0 Å². The molecule has 34 heavy (non-hydrogen) atoms. The van der Waals surface area contributed by atoms with E-state index >= 15 is 0 Å². The highest BCUT2D eigenvalue weighted by atomic mass is 32.2.